The molecular weight excluding hydrogens is 462 g/mol. The largest absolute Gasteiger partial charge is 0.465 e. The van der Waals surface area contributed by atoms with E-state index >= 15 is 0 Å². The highest BCUT2D eigenvalue weighted by atomic mass is 79.9. The van der Waals surface area contributed by atoms with Gasteiger partial charge in [-0.2, -0.15) is 0 Å². The number of hydrogen-bond donors (Lipinski definition) is 0. The summed E-state index contributed by atoms with van der Waals surface area (Å²) in [4.78, 5) is 27.0. The van der Waals surface area contributed by atoms with Gasteiger partial charge in [0.05, 0.1) is 18.3 Å². The first-order valence-electron chi connectivity index (χ1n) is 7.79. The molecule has 3 rings (SSSR count). The number of amides is 1. The van der Waals surface area contributed by atoms with E-state index in [-0.39, 0.29) is 11.5 Å². The Morgan fingerprint density at radius 2 is 1.54 bits per heavy atom. The van der Waals surface area contributed by atoms with Crippen LogP contribution in [0.4, 0.5) is 5.69 Å². The molecule has 132 valence electrons. The van der Waals surface area contributed by atoms with Gasteiger partial charge in [-0.05, 0) is 55.0 Å². The summed E-state index contributed by atoms with van der Waals surface area (Å²) >= 11 is 6.78. The second kappa shape index (κ2) is 7.60. The van der Waals surface area contributed by atoms with Crippen molar-refractivity contribution in [2.45, 2.75) is 6.92 Å². The average molecular weight is 477 g/mol. The molecule has 0 N–H and O–H groups in total. The van der Waals surface area contributed by atoms with E-state index < -0.39 is 5.97 Å². The van der Waals surface area contributed by atoms with Crippen LogP contribution in [-0.2, 0) is 14.3 Å². The number of anilines is 1. The van der Waals surface area contributed by atoms with Crippen LogP contribution in [0.2, 0.25) is 0 Å². The maximum Gasteiger partial charge on any atom is 0.340 e. The van der Waals surface area contributed by atoms with Gasteiger partial charge in [-0.3, -0.25) is 9.69 Å². The molecule has 1 aliphatic heterocycles. The second-order valence-electron chi connectivity index (χ2n) is 5.68. The van der Waals surface area contributed by atoms with Crippen molar-refractivity contribution in [3.63, 3.8) is 0 Å². The Balaban J connectivity index is 2.12. The van der Waals surface area contributed by atoms with Crippen molar-refractivity contribution in [2.75, 3.05) is 12.0 Å². The third-order valence-electron chi connectivity index (χ3n) is 4.06. The minimum absolute atomic E-state index is 0.256. The normalized spacial score (nSPS) is 15.8. The van der Waals surface area contributed by atoms with E-state index in [0.717, 1.165) is 14.5 Å². The summed E-state index contributed by atoms with van der Waals surface area (Å²) in [6, 6.07) is 14.9. The molecule has 1 amide bonds. The smallest absolute Gasteiger partial charge is 0.340 e. The Labute approximate surface area is 168 Å². The molecule has 2 aromatic carbocycles. The van der Waals surface area contributed by atoms with Crippen LogP contribution >= 0.6 is 31.9 Å². The second-order valence-corrected chi connectivity index (χ2v) is 7.51. The Morgan fingerprint density at radius 3 is 2.08 bits per heavy atom. The molecule has 6 heteroatoms. The highest BCUT2D eigenvalue weighted by Gasteiger charge is 2.37. The lowest BCUT2D eigenvalue weighted by Gasteiger charge is -2.18. The summed E-state index contributed by atoms with van der Waals surface area (Å²) in [6.45, 7) is 1.74. The van der Waals surface area contributed by atoms with Crippen LogP contribution in [0.1, 0.15) is 12.5 Å². The number of methoxy groups -OCH3 is 1. The van der Waals surface area contributed by atoms with Crippen molar-refractivity contribution in [2.24, 2.45) is 0 Å². The fourth-order valence-corrected chi connectivity index (χ4v) is 3.34. The van der Waals surface area contributed by atoms with E-state index in [9.17, 15) is 9.59 Å². The highest BCUT2D eigenvalue weighted by Crippen LogP contribution is 2.35. The van der Waals surface area contributed by atoms with Crippen LogP contribution in [0.25, 0.3) is 6.08 Å². The maximum absolute atomic E-state index is 13.1. The van der Waals surface area contributed by atoms with Gasteiger partial charge in [-0.15, -0.1) is 0 Å². The van der Waals surface area contributed by atoms with E-state index in [1.807, 2.05) is 48.5 Å². The summed E-state index contributed by atoms with van der Waals surface area (Å²) in [5.74, 6) is -0.785. The molecule has 0 atom stereocenters. The van der Waals surface area contributed by atoms with Crippen LogP contribution in [0.15, 0.2) is 74.3 Å². The van der Waals surface area contributed by atoms with Crippen LogP contribution in [0.3, 0.4) is 0 Å². The number of halogens is 2. The topological polar surface area (TPSA) is 46.6 Å². The zero-order valence-electron chi connectivity index (χ0n) is 14.1. The fraction of sp³-hybridized carbons (Fsp3) is 0.100. The van der Waals surface area contributed by atoms with Crippen molar-refractivity contribution in [3.8, 4) is 0 Å². The standard InChI is InChI=1S/C20H15Br2NO3/c1-12-18(20(25)26-2)17(11-13-3-5-14(21)6-4-13)19(24)23(12)16-9-7-15(22)8-10-16/h3-11H,1-2H3/b17-11-. The predicted molar refractivity (Wildman–Crippen MR) is 108 cm³/mol. The minimum Gasteiger partial charge on any atom is -0.465 e. The fourth-order valence-electron chi connectivity index (χ4n) is 2.81. The van der Waals surface area contributed by atoms with E-state index in [1.54, 1.807) is 13.0 Å². The zero-order valence-corrected chi connectivity index (χ0v) is 17.3. The average Bonchev–Trinajstić information content (AvgIpc) is 2.87. The van der Waals surface area contributed by atoms with Gasteiger partial charge in [-0.1, -0.05) is 44.0 Å². The molecule has 0 fully saturated rings. The molecule has 1 heterocycles. The molecule has 0 unspecified atom stereocenters. The third kappa shape index (κ3) is 3.52. The minimum atomic E-state index is -0.529. The number of benzene rings is 2. The van der Waals surface area contributed by atoms with E-state index in [2.05, 4.69) is 31.9 Å². The molecule has 0 saturated heterocycles. The predicted octanol–water partition coefficient (Wildman–Crippen LogP) is 5.09. The van der Waals surface area contributed by atoms with Gasteiger partial charge in [0.1, 0.15) is 0 Å². The molecule has 0 saturated carbocycles. The van der Waals surface area contributed by atoms with Gasteiger partial charge in [0.2, 0.25) is 0 Å². The molecule has 0 aliphatic carbocycles. The SMILES string of the molecule is COC(=O)C1=C(C)N(c2ccc(Br)cc2)C(=O)/C1=C\c1ccc(Br)cc1. The Morgan fingerprint density at radius 1 is 1.00 bits per heavy atom. The molecule has 0 aromatic heterocycles. The Kier molecular flexibility index (Phi) is 5.44. The quantitative estimate of drug-likeness (QED) is 0.458. The van der Waals surface area contributed by atoms with Crippen molar-refractivity contribution in [3.05, 3.63) is 79.9 Å². The van der Waals surface area contributed by atoms with Gasteiger partial charge in [0, 0.05) is 20.3 Å². The maximum atomic E-state index is 13.1. The molecule has 1 aliphatic rings. The molecule has 4 nitrogen and oxygen atoms in total. The van der Waals surface area contributed by atoms with Crippen LogP contribution in [0.5, 0.6) is 0 Å². The van der Waals surface area contributed by atoms with E-state index in [0.29, 0.717) is 17.0 Å². The molecule has 0 radical (unpaired) electrons. The Hall–Kier alpha value is -2.18. The van der Waals surface area contributed by atoms with Crippen LogP contribution in [0, 0.1) is 0 Å². The van der Waals surface area contributed by atoms with Crippen LogP contribution < -0.4 is 4.90 Å². The summed E-state index contributed by atoms with van der Waals surface area (Å²) in [6.07, 6.45) is 1.71. The summed E-state index contributed by atoms with van der Waals surface area (Å²) in [5.41, 5.74) is 2.66. The molecule has 26 heavy (non-hydrogen) atoms. The number of carbonyl (C=O) groups is 2. The number of hydrogen-bond acceptors (Lipinski definition) is 3. The van der Waals surface area contributed by atoms with Crippen molar-refractivity contribution in [1.29, 1.82) is 0 Å². The van der Waals surface area contributed by atoms with Crippen molar-refractivity contribution >= 4 is 55.5 Å². The highest BCUT2D eigenvalue weighted by molar-refractivity contribution is 9.10. The van der Waals surface area contributed by atoms with Gasteiger partial charge in [0.25, 0.3) is 5.91 Å². The zero-order chi connectivity index (χ0) is 18.8. The van der Waals surface area contributed by atoms with E-state index in [1.165, 1.54) is 12.0 Å². The first-order valence-corrected chi connectivity index (χ1v) is 9.38. The van der Waals surface area contributed by atoms with Gasteiger partial charge < -0.3 is 4.74 Å². The lowest BCUT2D eigenvalue weighted by atomic mass is 10.0. The molecular formula is C20H15Br2NO3. The number of carbonyl (C=O) groups excluding carboxylic acids is 2. The number of allylic oxidation sites excluding steroid dienone is 1. The summed E-state index contributed by atoms with van der Waals surface area (Å²) in [7, 11) is 1.31. The van der Waals surface area contributed by atoms with E-state index in [4.69, 9.17) is 4.74 Å². The summed E-state index contributed by atoms with van der Waals surface area (Å²) < 4.78 is 6.76. The number of rotatable bonds is 3. The number of ether oxygens (including phenoxy) is 1. The molecule has 0 spiro atoms. The van der Waals surface area contributed by atoms with Gasteiger partial charge >= 0.3 is 5.97 Å². The summed E-state index contributed by atoms with van der Waals surface area (Å²) in [5, 5.41) is 0. The third-order valence-corrected chi connectivity index (χ3v) is 5.11. The number of esters is 1. The lowest BCUT2D eigenvalue weighted by molar-refractivity contribution is -0.136. The first kappa shape index (κ1) is 18.6. The monoisotopic (exact) mass is 475 g/mol. The lowest BCUT2D eigenvalue weighted by Crippen LogP contribution is -2.24. The van der Waals surface area contributed by atoms with Crippen molar-refractivity contribution in [1.82, 2.24) is 0 Å². The first-order chi connectivity index (χ1) is 12.4. The van der Waals surface area contributed by atoms with Gasteiger partial charge in [-0.25, -0.2) is 4.79 Å². The van der Waals surface area contributed by atoms with Crippen LogP contribution in [-0.4, -0.2) is 19.0 Å². The van der Waals surface area contributed by atoms with Gasteiger partial charge in [0.15, 0.2) is 0 Å². The number of nitrogens with zero attached hydrogens (tertiary/aromatic N) is 1. The Bertz CT molecular complexity index is 929. The molecule has 0 bridgehead atoms. The van der Waals surface area contributed by atoms with Crippen molar-refractivity contribution < 1.29 is 14.3 Å². The molecule has 2 aromatic rings.